The van der Waals surface area contributed by atoms with E-state index in [0.29, 0.717) is 23.5 Å². The van der Waals surface area contributed by atoms with Crippen molar-refractivity contribution < 1.29 is 14.9 Å². The van der Waals surface area contributed by atoms with Crippen molar-refractivity contribution in [2.75, 3.05) is 6.61 Å². The Hall–Kier alpha value is -1.77. The highest BCUT2D eigenvalue weighted by Crippen LogP contribution is 2.34. The number of aromatic amines is 1. The van der Waals surface area contributed by atoms with E-state index in [1.54, 1.807) is 6.92 Å². The average Bonchev–Trinajstić information content (AvgIpc) is 2.92. The molecule has 1 fully saturated rings. The molecule has 1 aliphatic heterocycles. The summed E-state index contributed by atoms with van der Waals surface area (Å²) in [6.45, 7) is 1.43. The minimum absolute atomic E-state index is 0.246. The standard InChI is InChI=1S/C11H14N4O4/c1-5-13-10-6(3-12-15(10)11(18)14-5)8-2-7(17)9(4-16)19-8/h3,7-9,16-17H,2,4H2,1H3,(H,13,14,18). The van der Waals surface area contributed by atoms with Crippen LogP contribution >= 0.6 is 0 Å². The monoisotopic (exact) mass is 266 g/mol. The van der Waals surface area contributed by atoms with Crippen LogP contribution in [0, 0.1) is 6.92 Å². The van der Waals surface area contributed by atoms with Crippen molar-refractivity contribution in [3.8, 4) is 0 Å². The maximum atomic E-state index is 11.7. The number of aryl methyl sites for hydroxylation is 1. The number of H-pyrrole nitrogens is 1. The molecule has 19 heavy (non-hydrogen) atoms. The number of fused-ring (bicyclic) bond motifs is 1. The molecule has 3 atom stereocenters. The molecular formula is C11H14N4O4. The second-order valence-electron chi connectivity index (χ2n) is 4.61. The van der Waals surface area contributed by atoms with Gasteiger partial charge in [-0.3, -0.25) is 4.98 Å². The summed E-state index contributed by atoms with van der Waals surface area (Å²) >= 11 is 0. The highest BCUT2D eigenvalue weighted by molar-refractivity contribution is 5.47. The highest BCUT2D eigenvalue weighted by atomic mass is 16.5. The van der Waals surface area contributed by atoms with Gasteiger partial charge in [0, 0.05) is 12.0 Å². The van der Waals surface area contributed by atoms with Gasteiger partial charge in [-0.05, 0) is 6.92 Å². The minimum atomic E-state index is -0.729. The number of hydrogen-bond donors (Lipinski definition) is 3. The Bertz CT molecular complexity index is 664. The molecule has 3 unspecified atom stereocenters. The molecule has 0 aromatic carbocycles. The van der Waals surface area contributed by atoms with Gasteiger partial charge in [0.2, 0.25) is 0 Å². The fourth-order valence-corrected chi connectivity index (χ4v) is 2.33. The van der Waals surface area contributed by atoms with Crippen molar-refractivity contribution in [3.63, 3.8) is 0 Å². The van der Waals surface area contributed by atoms with Crippen LogP contribution in [-0.2, 0) is 4.74 Å². The van der Waals surface area contributed by atoms with E-state index in [0.717, 1.165) is 4.52 Å². The first-order valence-electron chi connectivity index (χ1n) is 5.99. The molecule has 1 saturated heterocycles. The number of ether oxygens (including phenoxy) is 1. The van der Waals surface area contributed by atoms with Crippen molar-refractivity contribution in [3.05, 3.63) is 28.1 Å². The van der Waals surface area contributed by atoms with Gasteiger partial charge in [-0.2, -0.15) is 9.61 Å². The zero-order chi connectivity index (χ0) is 13.6. The van der Waals surface area contributed by atoms with Crippen LogP contribution in [0.5, 0.6) is 0 Å². The molecule has 2 aromatic heterocycles. The summed E-state index contributed by atoms with van der Waals surface area (Å²) < 4.78 is 6.71. The Morgan fingerprint density at radius 1 is 1.63 bits per heavy atom. The third kappa shape index (κ3) is 1.93. The zero-order valence-electron chi connectivity index (χ0n) is 10.3. The molecule has 0 amide bonds. The fraction of sp³-hybridized carbons (Fsp3) is 0.545. The van der Waals surface area contributed by atoms with Gasteiger partial charge in [-0.1, -0.05) is 0 Å². The average molecular weight is 266 g/mol. The molecule has 0 aliphatic carbocycles. The zero-order valence-corrected chi connectivity index (χ0v) is 10.3. The van der Waals surface area contributed by atoms with Crippen LogP contribution in [0.2, 0.25) is 0 Å². The lowest BCUT2D eigenvalue weighted by Gasteiger charge is -2.10. The van der Waals surface area contributed by atoms with Crippen LogP contribution in [0.25, 0.3) is 5.65 Å². The molecule has 8 heteroatoms. The van der Waals surface area contributed by atoms with Gasteiger partial charge >= 0.3 is 5.69 Å². The first-order chi connectivity index (χ1) is 9.10. The molecule has 0 spiro atoms. The summed E-state index contributed by atoms with van der Waals surface area (Å²) in [5.41, 5.74) is 0.687. The summed E-state index contributed by atoms with van der Waals surface area (Å²) in [5.74, 6) is 0.483. The third-order valence-corrected chi connectivity index (χ3v) is 3.28. The maximum absolute atomic E-state index is 11.7. The van der Waals surface area contributed by atoms with Crippen LogP contribution in [0.3, 0.4) is 0 Å². The van der Waals surface area contributed by atoms with E-state index in [2.05, 4.69) is 15.1 Å². The first kappa shape index (κ1) is 12.3. The van der Waals surface area contributed by atoms with E-state index in [1.165, 1.54) is 6.20 Å². The fourth-order valence-electron chi connectivity index (χ4n) is 2.33. The molecule has 0 saturated carbocycles. The Labute approximate surface area is 107 Å². The molecular weight excluding hydrogens is 252 g/mol. The van der Waals surface area contributed by atoms with Crippen molar-refractivity contribution in [1.29, 1.82) is 0 Å². The van der Waals surface area contributed by atoms with Crippen molar-refractivity contribution in [1.82, 2.24) is 19.6 Å². The summed E-state index contributed by atoms with van der Waals surface area (Å²) in [4.78, 5) is 18.5. The SMILES string of the molecule is Cc1nc2c(C3CC(O)C(CO)O3)cnn2c(=O)[nH]1. The molecule has 8 nitrogen and oxygen atoms in total. The normalized spacial score (nSPS) is 27.2. The van der Waals surface area contributed by atoms with E-state index in [-0.39, 0.29) is 12.3 Å². The van der Waals surface area contributed by atoms with Crippen LogP contribution in [0.4, 0.5) is 0 Å². The lowest BCUT2D eigenvalue weighted by atomic mass is 10.1. The van der Waals surface area contributed by atoms with Crippen LogP contribution in [0.1, 0.15) is 23.9 Å². The summed E-state index contributed by atoms with van der Waals surface area (Å²) in [7, 11) is 0. The van der Waals surface area contributed by atoms with Crippen LogP contribution in [0.15, 0.2) is 11.0 Å². The second kappa shape index (κ2) is 4.41. The molecule has 3 heterocycles. The van der Waals surface area contributed by atoms with E-state index in [1.807, 2.05) is 0 Å². The maximum Gasteiger partial charge on any atom is 0.349 e. The summed E-state index contributed by atoms with van der Waals surface area (Å²) in [5, 5.41) is 22.8. The lowest BCUT2D eigenvalue weighted by Crippen LogP contribution is -2.24. The predicted octanol–water partition coefficient (Wildman–Crippen LogP) is -1.09. The van der Waals surface area contributed by atoms with E-state index < -0.39 is 18.3 Å². The summed E-state index contributed by atoms with van der Waals surface area (Å²) in [6.07, 6.45) is 0.100. The molecule has 0 bridgehead atoms. The van der Waals surface area contributed by atoms with Gasteiger partial charge < -0.3 is 14.9 Å². The Kier molecular flexibility index (Phi) is 2.85. The van der Waals surface area contributed by atoms with E-state index >= 15 is 0 Å². The molecule has 1 aliphatic rings. The molecule has 3 rings (SSSR count). The van der Waals surface area contributed by atoms with Gasteiger partial charge in [0.15, 0.2) is 5.65 Å². The number of aliphatic hydroxyl groups is 2. The van der Waals surface area contributed by atoms with Gasteiger partial charge in [0.1, 0.15) is 11.9 Å². The Balaban J connectivity index is 2.05. The predicted molar refractivity (Wildman–Crippen MR) is 63.7 cm³/mol. The second-order valence-corrected chi connectivity index (χ2v) is 4.61. The quantitative estimate of drug-likeness (QED) is 0.636. The van der Waals surface area contributed by atoms with Gasteiger partial charge in [0.25, 0.3) is 0 Å². The topological polar surface area (TPSA) is 113 Å². The van der Waals surface area contributed by atoms with Crippen LogP contribution in [-0.4, -0.2) is 48.6 Å². The lowest BCUT2D eigenvalue weighted by molar-refractivity contribution is -0.0222. The van der Waals surface area contributed by atoms with Crippen molar-refractivity contribution in [2.45, 2.75) is 31.7 Å². The molecule has 0 radical (unpaired) electrons. The molecule has 102 valence electrons. The van der Waals surface area contributed by atoms with E-state index in [9.17, 15) is 9.90 Å². The minimum Gasteiger partial charge on any atom is -0.394 e. The largest absolute Gasteiger partial charge is 0.394 e. The van der Waals surface area contributed by atoms with Gasteiger partial charge in [-0.15, -0.1) is 0 Å². The van der Waals surface area contributed by atoms with E-state index in [4.69, 9.17) is 9.84 Å². The van der Waals surface area contributed by atoms with Crippen LogP contribution < -0.4 is 5.69 Å². The number of nitrogens with zero attached hydrogens (tertiary/aromatic N) is 3. The number of aliphatic hydroxyl groups excluding tert-OH is 2. The Morgan fingerprint density at radius 2 is 2.42 bits per heavy atom. The smallest absolute Gasteiger partial charge is 0.349 e. The first-order valence-corrected chi connectivity index (χ1v) is 5.99. The number of hydrogen-bond acceptors (Lipinski definition) is 6. The van der Waals surface area contributed by atoms with Gasteiger partial charge in [0.05, 0.1) is 25.0 Å². The Morgan fingerprint density at radius 3 is 3.11 bits per heavy atom. The number of rotatable bonds is 2. The van der Waals surface area contributed by atoms with Crippen molar-refractivity contribution >= 4 is 5.65 Å². The molecule has 3 N–H and O–H groups in total. The number of aromatic nitrogens is 4. The van der Waals surface area contributed by atoms with Crippen molar-refractivity contribution in [2.24, 2.45) is 0 Å². The molecule has 2 aromatic rings. The summed E-state index contributed by atoms with van der Waals surface area (Å²) in [6, 6.07) is 0. The third-order valence-electron chi connectivity index (χ3n) is 3.28. The highest BCUT2D eigenvalue weighted by Gasteiger charge is 2.36. The van der Waals surface area contributed by atoms with Gasteiger partial charge in [-0.25, -0.2) is 9.78 Å². The number of nitrogens with one attached hydrogen (secondary N) is 1.